The van der Waals surface area contributed by atoms with E-state index in [1.54, 1.807) is 49.4 Å². The van der Waals surface area contributed by atoms with Crippen molar-refractivity contribution in [3.63, 3.8) is 0 Å². The minimum Gasteiger partial charge on any atom is -0.350 e. The second-order valence-electron chi connectivity index (χ2n) is 7.19. The number of benzene rings is 3. The molecule has 0 radical (unpaired) electrons. The molecule has 2 amide bonds. The van der Waals surface area contributed by atoms with E-state index in [2.05, 4.69) is 5.32 Å². The molecule has 3 aromatic carbocycles. The number of carbonyl (C=O) groups is 2. The van der Waals surface area contributed by atoms with Gasteiger partial charge < -0.3 is 5.32 Å². The van der Waals surface area contributed by atoms with Gasteiger partial charge in [0.05, 0.1) is 11.3 Å². The van der Waals surface area contributed by atoms with Crippen molar-refractivity contribution in [2.24, 2.45) is 0 Å². The third-order valence-electron chi connectivity index (χ3n) is 5.10. The molecule has 0 unspecified atom stereocenters. The van der Waals surface area contributed by atoms with Gasteiger partial charge in [0, 0.05) is 16.8 Å². The SMILES string of the molecule is Cc1ccc(C2=C(Nc3cccc(Cl)c3C)C(=O)N(c3cc(F)ccc3F)C2=O)cc1. The monoisotopic (exact) mass is 438 g/mol. The van der Waals surface area contributed by atoms with E-state index in [4.69, 9.17) is 11.6 Å². The summed E-state index contributed by atoms with van der Waals surface area (Å²) >= 11 is 6.19. The first-order valence-corrected chi connectivity index (χ1v) is 9.83. The van der Waals surface area contributed by atoms with Gasteiger partial charge in [-0.3, -0.25) is 9.59 Å². The van der Waals surface area contributed by atoms with E-state index in [1.807, 2.05) is 6.92 Å². The van der Waals surface area contributed by atoms with E-state index < -0.39 is 29.1 Å². The van der Waals surface area contributed by atoms with Crippen molar-refractivity contribution in [2.45, 2.75) is 13.8 Å². The summed E-state index contributed by atoms with van der Waals surface area (Å²) in [5.41, 5.74) is 2.22. The van der Waals surface area contributed by atoms with Crippen molar-refractivity contribution in [2.75, 3.05) is 10.2 Å². The van der Waals surface area contributed by atoms with Crippen LogP contribution < -0.4 is 10.2 Å². The Balaban J connectivity index is 1.88. The number of anilines is 2. The van der Waals surface area contributed by atoms with Crippen LogP contribution in [0.5, 0.6) is 0 Å². The van der Waals surface area contributed by atoms with Crippen molar-refractivity contribution in [1.29, 1.82) is 0 Å². The molecule has 0 aliphatic carbocycles. The maximum Gasteiger partial charge on any atom is 0.282 e. The van der Waals surface area contributed by atoms with Gasteiger partial charge >= 0.3 is 0 Å². The molecule has 0 bridgehead atoms. The largest absolute Gasteiger partial charge is 0.350 e. The van der Waals surface area contributed by atoms with Gasteiger partial charge in [-0.05, 0) is 49.2 Å². The van der Waals surface area contributed by atoms with E-state index >= 15 is 0 Å². The Morgan fingerprint density at radius 3 is 2.32 bits per heavy atom. The maximum absolute atomic E-state index is 14.5. The topological polar surface area (TPSA) is 49.4 Å². The number of aryl methyl sites for hydroxylation is 1. The van der Waals surface area contributed by atoms with Gasteiger partial charge in [-0.15, -0.1) is 0 Å². The van der Waals surface area contributed by atoms with Crippen molar-refractivity contribution in [1.82, 2.24) is 0 Å². The number of hydrogen-bond acceptors (Lipinski definition) is 3. The lowest BCUT2D eigenvalue weighted by Gasteiger charge is -2.16. The fourth-order valence-corrected chi connectivity index (χ4v) is 3.56. The first-order chi connectivity index (χ1) is 14.8. The van der Waals surface area contributed by atoms with Crippen LogP contribution in [0.15, 0.2) is 66.4 Å². The van der Waals surface area contributed by atoms with Crippen molar-refractivity contribution in [3.05, 3.63) is 99.7 Å². The molecule has 7 heteroatoms. The number of carbonyl (C=O) groups excluding carboxylic acids is 2. The maximum atomic E-state index is 14.5. The zero-order valence-corrected chi connectivity index (χ0v) is 17.4. The van der Waals surface area contributed by atoms with E-state index in [1.165, 1.54) is 0 Å². The second kappa shape index (κ2) is 7.96. The minimum atomic E-state index is -0.883. The molecule has 0 spiro atoms. The normalized spacial score (nSPS) is 13.9. The molecule has 31 heavy (non-hydrogen) atoms. The predicted octanol–water partition coefficient (Wildman–Crippen LogP) is 5.63. The lowest BCUT2D eigenvalue weighted by atomic mass is 10.0. The molecule has 1 aliphatic heterocycles. The number of imide groups is 1. The van der Waals surface area contributed by atoms with Gasteiger partial charge in [-0.1, -0.05) is 47.5 Å². The van der Waals surface area contributed by atoms with Crippen molar-refractivity contribution in [3.8, 4) is 0 Å². The van der Waals surface area contributed by atoms with Gasteiger partial charge in [0.1, 0.15) is 17.3 Å². The van der Waals surface area contributed by atoms with E-state index in [9.17, 15) is 18.4 Å². The molecule has 1 aliphatic rings. The standard InChI is InChI=1S/C24H17ClF2N2O2/c1-13-6-8-15(9-7-13)21-22(28-19-5-3-4-17(25)14(19)2)24(31)29(23(21)30)20-12-16(26)10-11-18(20)27/h3-12,28H,1-2H3. The van der Waals surface area contributed by atoms with Crippen molar-refractivity contribution < 1.29 is 18.4 Å². The third-order valence-corrected chi connectivity index (χ3v) is 5.51. The highest BCUT2D eigenvalue weighted by atomic mass is 35.5. The predicted molar refractivity (Wildman–Crippen MR) is 117 cm³/mol. The molecule has 1 N–H and O–H groups in total. The number of hydrogen-bond donors (Lipinski definition) is 1. The highest BCUT2D eigenvalue weighted by Gasteiger charge is 2.41. The van der Waals surface area contributed by atoms with Crippen LogP contribution in [0.1, 0.15) is 16.7 Å². The summed E-state index contributed by atoms with van der Waals surface area (Å²) < 4.78 is 28.3. The van der Waals surface area contributed by atoms with E-state index in [-0.39, 0.29) is 11.3 Å². The Morgan fingerprint density at radius 2 is 1.61 bits per heavy atom. The fraction of sp³-hybridized carbons (Fsp3) is 0.0833. The zero-order valence-electron chi connectivity index (χ0n) is 16.7. The molecule has 0 fully saturated rings. The summed E-state index contributed by atoms with van der Waals surface area (Å²) in [7, 11) is 0. The highest BCUT2D eigenvalue weighted by molar-refractivity contribution is 6.46. The Morgan fingerprint density at radius 1 is 0.903 bits per heavy atom. The summed E-state index contributed by atoms with van der Waals surface area (Å²) in [6, 6.07) is 14.7. The van der Waals surface area contributed by atoms with Crippen LogP contribution in [0, 0.1) is 25.5 Å². The number of nitrogens with zero attached hydrogens (tertiary/aromatic N) is 1. The second-order valence-corrected chi connectivity index (χ2v) is 7.60. The molecule has 0 saturated carbocycles. The molecular weight excluding hydrogens is 422 g/mol. The van der Waals surface area contributed by atoms with Crippen LogP contribution in [0.3, 0.4) is 0 Å². The third kappa shape index (κ3) is 3.70. The van der Waals surface area contributed by atoms with E-state index in [0.717, 1.165) is 23.8 Å². The molecule has 3 aromatic rings. The molecule has 0 atom stereocenters. The van der Waals surface area contributed by atoms with Crippen LogP contribution in [0.4, 0.5) is 20.2 Å². The number of nitrogens with one attached hydrogen (secondary N) is 1. The average Bonchev–Trinajstić information content (AvgIpc) is 2.98. The number of amides is 2. The fourth-order valence-electron chi connectivity index (χ4n) is 3.39. The minimum absolute atomic E-state index is 0.0390. The quantitative estimate of drug-likeness (QED) is 0.537. The van der Waals surface area contributed by atoms with Gasteiger partial charge in [0.2, 0.25) is 0 Å². The zero-order chi connectivity index (χ0) is 22.3. The Kier molecular flexibility index (Phi) is 5.33. The van der Waals surface area contributed by atoms with Gasteiger partial charge in [-0.2, -0.15) is 0 Å². The summed E-state index contributed by atoms with van der Waals surface area (Å²) in [5.74, 6) is -3.18. The summed E-state index contributed by atoms with van der Waals surface area (Å²) in [6.45, 7) is 3.66. The van der Waals surface area contributed by atoms with Crippen LogP contribution in [-0.2, 0) is 9.59 Å². The molecule has 0 aromatic heterocycles. The summed E-state index contributed by atoms with van der Waals surface area (Å²) in [4.78, 5) is 27.3. The van der Waals surface area contributed by atoms with Gasteiger partial charge in [-0.25, -0.2) is 13.7 Å². The summed E-state index contributed by atoms with van der Waals surface area (Å²) in [5, 5.41) is 3.47. The first kappa shape index (κ1) is 20.8. The van der Waals surface area contributed by atoms with Crippen molar-refractivity contribution >= 4 is 40.4 Å². The molecule has 4 nitrogen and oxygen atoms in total. The van der Waals surface area contributed by atoms with E-state index in [0.29, 0.717) is 26.7 Å². The highest BCUT2D eigenvalue weighted by Crippen LogP contribution is 2.36. The van der Waals surface area contributed by atoms with Gasteiger partial charge in [0.15, 0.2) is 0 Å². The smallest absolute Gasteiger partial charge is 0.282 e. The first-order valence-electron chi connectivity index (χ1n) is 9.45. The Labute approximate surface area is 182 Å². The molecule has 0 saturated heterocycles. The molecule has 156 valence electrons. The Hall–Kier alpha value is -3.51. The van der Waals surface area contributed by atoms with Crippen LogP contribution in [0.2, 0.25) is 5.02 Å². The van der Waals surface area contributed by atoms with Crippen LogP contribution >= 0.6 is 11.6 Å². The number of rotatable bonds is 4. The lowest BCUT2D eigenvalue weighted by molar-refractivity contribution is -0.120. The van der Waals surface area contributed by atoms with Crippen LogP contribution in [-0.4, -0.2) is 11.8 Å². The summed E-state index contributed by atoms with van der Waals surface area (Å²) in [6.07, 6.45) is 0. The number of halogens is 3. The lowest BCUT2D eigenvalue weighted by Crippen LogP contribution is -2.33. The average molecular weight is 439 g/mol. The molecule has 4 rings (SSSR count). The van der Waals surface area contributed by atoms with Gasteiger partial charge in [0.25, 0.3) is 11.8 Å². The molecular formula is C24H17ClF2N2O2. The molecule has 1 heterocycles. The van der Waals surface area contributed by atoms with Crippen LogP contribution in [0.25, 0.3) is 5.57 Å². The Bertz CT molecular complexity index is 1250.